The van der Waals surface area contributed by atoms with E-state index >= 15 is 0 Å². The van der Waals surface area contributed by atoms with Crippen LogP contribution in [0, 0.1) is 27.6 Å². The van der Waals surface area contributed by atoms with Gasteiger partial charge in [0.2, 0.25) is 17.2 Å². The summed E-state index contributed by atoms with van der Waals surface area (Å²) in [5.41, 5.74) is 6.58. The highest BCUT2D eigenvalue weighted by Crippen LogP contribution is 2.31. The lowest BCUT2D eigenvalue weighted by molar-refractivity contribution is -0.650. The molecule has 4 nitrogen and oxygen atoms in total. The molecule has 0 bridgehead atoms. The minimum atomic E-state index is -2.39. The van der Waals surface area contributed by atoms with E-state index in [1.54, 1.807) is 24.3 Å². The lowest BCUT2D eigenvalue weighted by atomic mass is 9.97. The summed E-state index contributed by atoms with van der Waals surface area (Å²) in [6, 6.07) is 14.5. The molecule has 0 amide bonds. The molecular formula is C26H27N4+. The average Bonchev–Trinajstić information content (AvgIpc) is 3.30. The zero-order valence-electron chi connectivity index (χ0n) is 23.5. The summed E-state index contributed by atoms with van der Waals surface area (Å²) in [4.78, 5) is 4.77. The van der Waals surface area contributed by atoms with Crippen molar-refractivity contribution in [2.24, 2.45) is 14.1 Å². The topological polar surface area (TPSA) is 26.1 Å². The van der Waals surface area contributed by atoms with E-state index in [1.165, 1.54) is 0 Å². The van der Waals surface area contributed by atoms with Crippen LogP contribution in [0.1, 0.15) is 30.5 Å². The number of rotatable bonds is 2. The molecular weight excluding hydrogens is 368 g/mol. The number of nitrogens with zero attached hydrogens (tertiary/aromatic N) is 4. The van der Waals surface area contributed by atoms with Crippen molar-refractivity contribution >= 4 is 16.8 Å². The van der Waals surface area contributed by atoms with E-state index < -0.39 is 13.7 Å². The number of hydrogen-bond donors (Lipinski definition) is 0. The van der Waals surface area contributed by atoms with Gasteiger partial charge in [-0.2, -0.15) is 4.57 Å². The Labute approximate surface area is 185 Å². The monoisotopic (exact) mass is 401 g/mol. The molecule has 0 atom stereocenters. The van der Waals surface area contributed by atoms with Gasteiger partial charge in [0, 0.05) is 38.2 Å². The van der Waals surface area contributed by atoms with E-state index in [2.05, 4.69) is 0 Å². The van der Waals surface area contributed by atoms with Gasteiger partial charge in [0.1, 0.15) is 12.7 Å². The van der Waals surface area contributed by atoms with Crippen molar-refractivity contribution in [3.63, 3.8) is 0 Å². The van der Waals surface area contributed by atoms with Gasteiger partial charge in [0.25, 0.3) is 0 Å². The molecule has 5 aromatic rings. The molecule has 0 radical (unpaired) electrons. The van der Waals surface area contributed by atoms with Gasteiger partial charge in [-0.05, 0) is 57.4 Å². The minimum absolute atomic E-state index is 0.172. The quantitative estimate of drug-likeness (QED) is 0.373. The number of benzene rings is 2. The Bertz CT molecular complexity index is 1650. The Hall–Kier alpha value is -3.40. The number of para-hydroxylation sites is 2. The van der Waals surface area contributed by atoms with Crippen molar-refractivity contribution in [2.75, 3.05) is 0 Å². The van der Waals surface area contributed by atoms with Crippen molar-refractivity contribution in [3.05, 3.63) is 77.0 Å². The van der Waals surface area contributed by atoms with Gasteiger partial charge in [-0.3, -0.25) is 4.40 Å². The van der Waals surface area contributed by atoms with Gasteiger partial charge < -0.3 is 4.57 Å². The summed E-state index contributed by atoms with van der Waals surface area (Å²) in [5.74, 6) is 0.771. The first kappa shape index (κ1) is 13.0. The summed E-state index contributed by atoms with van der Waals surface area (Å²) in [7, 11) is 3.77. The van der Waals surface area contributed by atoms with Gasteiger partial charge in [-0.15, -0.1) is 0 Å². The fourth-order valence-electron chi connectivity index (χ4n) is 4.42. The van der Waals surface area contributed by atoms with Crippen LogP contribution in [0.25, 0.3) is 39.5 Å². The third-order valence-electron chi connectivity index (χ3n) is 5.89. The average molecular weight is 402 g/mol. The van der Waals surface area contributed by atoms with Crippen molar-refractivity contribution in [3.8, 4) is 22.6 Å². The fourth-order valence-corrected chi connectivity index (χ4v) is 4.42. The van der Waals surface area contributed by atoms with Crippen LogP contribution < -0.4 is 4.57 Å². The maximum absolute atomic E-state index is 8.26. The van der Waals surface area contributed by atoms with Crippen LogP contribution in [-0.4, -0.2) is 14.0 Å². The highest BCUT2D eigenvalue weighted by Gasteiger charge is 2.26. The highest BCUT2D eigenvalue weighted by atomic mass is 15.2. The number of fused-ring (bicyclic) bond motifs is 3. The normalized spacial score (nSPS) is 15.5. The van der Waals surface area contributed by atoms with Crippen LogP contribution in [0.5, 0.6) is 0 Å². The van der Waals surface area contributed by atoms with Gasteiger partial charge in [0.15, 0.2) is 0 Å². The van der Waals surface area contributed by atoms with Crippen LogP contribution in [0.2, 0.25) is 0 Å². The number of hydrogen-bond acceptors (Lipinski definition) is 1. The summed E-state index contributed by atoms with van der Waals surface area (Å²) < 4.78 is 54.3. The lowest BCUT2D eigenvalue weighted by Crippen LogP contribution is -2.36. The van der Waals surface area contributed by atoms with E-state index in [0.717, 1.165) is 39.3 Å². The molecule has 0 saturated carbocycles. The molecule has 0 spiro atoms. The maximum atomic E-state index is 8.26. The molecule has 3 aromatic heterocycles. The Morgan fingerprint density at radius 3 is 2.57 bits per heavy atom. The Morgan fingerprint density at radius 1 is 0.933 bits per heavy atom. The molecule has 0 aliphatic rings. The molecule has 150 valence electrons. The molecule has 5 rings (SSSR count). The SMILES string of the molecule is [2H]C([2H])([2H])c1ccc(C)c(-c2c(C([2H])([2H])[2H])cc(C)c(-c3cn4c5ccccc5nc4n3C)[n+]2C)c1. The van der Waals surface area contributed by atoms with E-state index in [-0.39, 0.29) is 11.1 Å². The van der Waals surface area contributed by atoms with Gasteiger partial charge in [-0.1, -0.05) is 29.8 Å². The van der Waals surface area contributed by atoms with Gasteiger partial charge in [0.05, 0.1) is 11.0 Å². The van der Waals surface area contributed by atoms with Crippen LogP contribution in [0.15, 0.2) is 54.7 Å². The lowest BCUT2D eigenvalue weighted by Gasteiger charge is -2.13. The Balaban J connectivity index is 1.85. The van der Waals surface area contributed by atoms with Crippen molar-refractivity contribution < 1.29 is 12.8 Å². The zero-order valence-corrected chi connectivity index (χ0v) is 17.5. The van der Waals surface area contributed by atoms with Crippen LogP contribution >= 0.6 is 0 Å². The summed E-state index contributed by atoms with van der Waals surface area (Å²) in [6.07, 6.45) is 2.01. The number of aromatic nitrogens is 4. The molecule has 0 unspecified atom stereocenters. The smallest absolute Gasteiger partial charge is 0.233 e. The summed E-state index contributed by atoms with van der Waals surface area (Å²) >= 11 is 0. The standard InChI is InChI=1S/C26H27N4/c1-16-11-12-17(2)20(13-16)24-18(3)14-19(4)25(29(24)6)23-15-30-22-10-8-7-9-21(22)27-26(30)28(23)5/h7-15H,1-6H3/q+1/i1D3,3D3. The number of imidazole rings is 2. The molecule has 4 heteroatoms. The molecule has 0 fully saturated rings. The van der Waals surface area contributed by atoms with Crippen LogP contribution in [-0.2, 0) is 14.1 Å². The van der Waals surface area contributed by atoms with Crippen LogP contribution in [0.4, 0.5) is 0 Å². The highest BCUT2D eigenvalue weighted by molar-refractivity contribution is 5.81. The third-order valence-corrected chi connectivity index (χ3v) is 5.89. The fraction of sp³-hybridized carbons (Fsp3) is 0.231. The van der Waals surface area contributed by atoms with Crippen molar-refractivity contribution in [1.82, 2.24) is 14.0 Å². The first-order chi connectivity index (χ1) is 16.8. The Kier molecular flexibility index (Phi) is 2.85. The number of aryl methyl sites for hydroxylation is 5. The summed E-state index contributed by atoms with van der Waals surface area (Å²) in [5, 5.41) is 0. The summed E-state index contributed by atoms with van der Waals surface area (Å²) in [6.45, 7) is -0.935. The van der Waals surface area contributed by atoms with Gasteiger partial charge in [-0.25, -0.2) is 4.98 Å². The second-order valence-corrected chi connectivity index (χ2v) is 7.87. The van der Waals surface area contributed by atoms with Gasteiger partial charge >= 0.3 is 0 Å². The molecule has 0 N–H and O–H groups in total. The maximum Gasteiger partial charge on any atom is 0.233 e. The largest absolute Gasteiger partial charge is 0.308 e. The van der Waals surface area contributed by atoms with Crippen molar-refractivity contribution in [1.29, 1.82) is 0 Å². The van der Waals surface area contributed by atoms with Crippen LogP contribution in [0.3, 0.4) is 0 Å². The minimum Gasteiger partial charge on any atom is -0.308 e. The van der Waals surface area contributed by atoms with E-state index in [4.69, 9.17) is 13.2 Å². The zero-order chi connectivity index (χ0) is 26.2. The molecule has 3 heterocycles. The third kappa shape index (κ3) is 2.60. The van der Waals surface area contributed by atoms with E-state index in [9.17, 15) is 0 Å². The van der Waals surface area contributed by atoms with E-state index in [1.807, 2.05) is 71.9 Å². The molecule has 0 aliphatic carbocycles. The second kappa shape index (κ2) is 6.56. The molecule has 0 aliphatic heterocycles. The predicted molar refractivity (Wildman–Crippen MR) is 123 cm³/mol. The first-order valence-electron chi connectivity index (χ1n) is 12.9. The molecule has 0 saturated heterocycles. The number of pyridine rings is 1. The van der Waals surface area contributed by atoms with E-state index in [0.29, 0.717) is 11.3 Å². The first-order valence-corrected chi connectivity index (χ1v) is 9.87. The molecule has 2 aromatic carbocycles. The Morgan fingerprint density at radius 2 is 1.77 bits per heavy atom. The van der Waals surface area contributed by atoms with Crippen molar-refractivity contribution in [2.45, 2.75) is 27.6 Å². The molecule has 30 heavy (non-hydrogen) atoms. The predicted octanol–water partition coefficient (Wildman–Crippen LogP) is 5.22. The second-order valence-electron chi connectivity index (χ2n) is 7.87.